The number of aliphatic hydroxyl groups excluding tert-OH is 1. The molecule has 0 aromatic carbocycles. The van der Waals surface area contributed by atoms with Crippen molar-refractivity contribution >= 4 is 17.5 Å². The van der Waals surface area contributed by atoms with Crippen LogP contribution in [0.2, 0.25) is 5.15 Å². The number of aromatic nitrogens is 1. The summed E-state index contributed by atoms with van der Waals surface area (Å²) in [6.45, 7) is 6.01. The Hall–Kier alpha value is -1.13. The smallest absolute Gasteiger partial charge is 0.251 e. The second kappa shape index (κ2) is 7.60. The summed E-state index contributed by atoms with van der Waals surface area (Å²) in [5, 5.41) is 12.4. The zero-order valence-electron chi connectivity index (χ0n) is 12.4. The van der Waals surface area contributed by atoms with Gasteiger partial charge in [0, 0.05) is 23.4 Å². The summed E-state index contributed by atoms with van der Waals surface area (Å²) in [4.78, 5) is 16.5. The Morgan fingerprint density at radius 3 is 2.70 bits per heavy atom. The van der Waals surface area contributed by atoms with Gasteiger partial charge in [-0.3, -0.25) is 4.79 Å². The molecular weight excluding hydrogens is 276 g/mol. The fraction of sp³-hybridized carbons (Fsp3) is 0.600. The minimum Gasteiger partial charge on any atom is -0.396 e. The maximum atomic E-state index is 12.3. The van der Waals surface area contributed by atoms with Gasteiger partial charge in [0.05, 0.1) is 0 Å². The molecule has 1 amide bonds. The first kappa shape index (κ1) is 16.9. The number of hydrogen-bond acceptors (Lipinski definition) is 3. The molecule has 1 aromatic rings. The van der Waals surface area contributed by atoms with Crippen LogP contribution in [0.4, 0.5) is 0 Å². The highest BCUT2D eigenvalue weighted by molar-refractivity contribution is 6.29. The van der Waals surface area contributed by atoms with Crippen molar-refractivity contribution in [3.63, 3.8) is 0 Å². The molecule has 0 radical (unpaired) electrons. The van der Waals surface area contributed by atoms with Gasteiger partial charge < -0.3 is 10.4 Å². The molecule has 0 bridgehead atoms. The molecule has 1 aromatic heterocycles. The third-order valence-corrected chi connectivity index (χ3v) is 3.67. The van der Waals surface area contributed by atoms with Crippen molar-refractivity contribution in [3.05, 3.63) is 28.5 Å². The van der Waals surface area contributed by atoms with Crippen molar-refractivity contribution in [1.82, 2.24) is 10.3 Å². The van der Waals surface area contributed by atoms with Crippen LogP contribution < -0.4 is 5.32 Å². The number of hydrogen-bond donors (Lipinski definition) is 2. The quantitative estimate of drug-likeness (QED) is 0.761. The molecule has 0 aliphatic carbocycles. The van der Waals surface area contributed by atoms with Crippen LogP contribution in [0.25, 0.3) is 0 Å². The van der Waals surface area contributed by atoms with E-state index in [1.165, 1.54) is 0 Å². The minimum atomic E-state index is -0.410. The molecule has 2 N–H and O–H groups in total. The topological polar surface area (TPSA) is 62.2 Å². The van der Waals surface area contributed by atoms with E-state index in [9.17, 15) is 4.79 Å². The number of aliphatic hydroxyl groups is 1. The molecule has 1 unspecified atom stereocenters. The van der Waals surface area contributed by atoms with Gasteiger partial charge in [0.2, 0.25) is 0 Å². The molecule has 4 nitrogen and oxygen atoms in total. The van der Waals surface area contributed by atoms with Crippen molar-refractivity contribution in [2.24, 2.45) is 0 Å². The SMILES string of the molecule is CCCc1cc(C(=O)NC(C)(CC)CCO)cc(Cl)n1. The van der Waals surface area contributed by atoms with E-state index in [0.29, 0.717) is 17.1 Å². The Bertz CT molecular complexity index is 465. The van der Waals surface area contributed by atoms with Crippen LogP contribution in [-0.2, 0) is 6.42 Å². The second-order valence-electron chi connectivity index (χ2n) is 5.26. The van der Waals surface area contributed by atoms with Gasteiger partial charge in [0.25, 0.3) is 5.91 Å². The number of carbonyl (C=O) groups is 1. The first-order valence-corrected chi connectivity index (χ1v) is 7.41. The molecule has 0 aliphatic rings. The molecule has 1 rings (SSSR count). The molecule has 0 fully saturated rings. The van der Waals surface area contributed by atoms with Crippen LogP contribution in [0.3, 0.4) is 0 Å². The summed E-state index contributed by atoms with van der Waals surface area (Å²) < 4.78 is 0. The molecule has 0 saturated heterocycles. The van der Waals surface area contributed by atoms with Gasteiger partial charge in [0.15, 0.2) is 0 Å². The van der Waals surface area contributed by atoms with Gasteiger partial charge in [-0.05, 0) is 38.3 Å². The number of pyridine rings is 1. The average Bonchev–Trinajstić information content (AvgIpc) is 2.38. The maximum Gasteiger partial charge on any atom is 0.251 e. The number of carbonyl (C=O) groups excluding carboxylic acids is 1. The number of nitrogens with zero attached hydrogens (tertiary/aromatic N) is 1. The van der Waals surface area contributed by atoms with Gasteiger partial charge in [-0.2, -0.15) is 0 Å². The van der Waals surface area contributed by atoms with Crippen molar-refractivity contribution < 1.29 is 9.90 Å². The lowest BCUT2D eigenvalue weighted by molar-refractivity contribution is 0.0886. The molecular formula is C15H23ClN2O2. The maximum absolute atomic E-state index is 12.3. The third kappa shape index (κ3) is 4.76. The number of aryl methyl sites for hydroxylation is 1. The number of rotatable bonds is 7. The van der Waals surface area contributed by atoms with Gasteiger partial charge in [-0.1, -0.05) is 31.9 Å². The highest BCUT2D eigenvalue weighted by Gasteiger charge is 2.24. The molecule has 0 spiro atoms. The summed E-state index contributed by atoms with van der Waals surface area (Å²) in [7, 11) is 0. The number of halogens is 1. The molecule has 0 aliphatic heterocycles. The fourth-order valence-electron chi connectivity index (χ4n) is 1.99. The van der Waals surface area contributed by atoms with Crippen molar-refractivity contribution in [3.8, 4) is 0 Å². The first-order chi connectivity index (χ1) is 9.44. The Morgan fingerprint density at radius 2 is 2.15 bits per heavy atom. The van der Waals surface area contributed by atoms with E-state index in [1.807, 2.05) is 13.8 Å². The Kier molecular flexibility index (Phi) is 6.43. The summed E-state index contributed by atoms with van der Waals surface area (Å²) >= 11 is 5.96. The van der Waals surface area contributed by atoms with Crippen LogP contribution in [0.5, 0.6) is 0 Å². The summed E-state index contributed by atoms with van der Waals surface area (Å²) in [5.41, 5.74) is 0.934. The lowest BCUT2D eigenvalue weighted by Crippen LogP contribution is -2.46. The van der Waals surface area contributed by atoms with E-state index < -0.39 is 5.54 Å². The van der Waals surface area contributed by atoms with Crippen molar-refractivity contribution in [2.45, 2.75) is 52.0 Å². The average molecular weight is 299 g/mol. The highest BCUT2D eigenvalue weighted by Crippen LogP contribution is 2.17. The van der Waals surface area contributed by atoms with E-state index in [2.05, 4.69) is 17.2 Å². The fourth-order valence-corrected chi connectivity index (χ4v) is 2.21. The van der Waals surface area contributed by atoms with Gasteiger partial charge in [0.1, 0.15) is 5.15 Å². The van der Waals surface area contributed by atoms with E-state index in [-0.39, 0.29) is 12.5 Å². The molecule has 20 heavy (non-hydrogen) atoms. The van der Waals surface area contributed by atoms with Crippen molar-refractivity contribution in [2.75, 3.05) is 6.61 Å². The molecule has 112 valence electrons. The molecule has 5 heteroatoms. The Balaban J connectivity index is 2.91. The third-order valence-electron chi connectivity index (χ3n) is 3.47. The lowest BCUT2D eigenvalue weighted by atomic mass is 9.94. The number of amides is 1. The minimum absolute atomic E-state index is 0.0445. The van der Waals surface area contributed by atoms with Crippen LogP contribution in [0.1, 0.15) is 56.1 Å². The Morgan fingerprint density at radius 1 is 1.45 bits per heavy atom. The van der Waals surface area contributed by atoms with Crippen LogP contribution in [0, 0.1) is 0 Å². The van der Waals surface area contributed by atoms with Gasteiger partial charge in [-0.25, -0.2) is 4.98 Å². The van der Waals surface area contributed by atoms with E-state index in [0.717, 1.165) is 25.0 Å². The summed E-state index contributed by atoms with van der Waals surface area (Å²) in [6, 6.07) is 3.35. The van der Waals surface area contributed by atoms with Crippen molar-refractivity contribution in [1.29, 1.82) is 0 Å². The van der Waals surface area contributed by atoms with E-state index in [4.69, 9.17) is 16.7 Å². The van der Waals surface area contributed by atoms with Gasteiger partial charge in [-0.15, -0.1) is 0 Å². The van der Waals surface area contributed by atoms with E-state index in [1.54, 1.807) is 12.1 Å². The molecule has 1 heterocycles. The second-order valence-corrected chi connectivity index (χ2v) is 5.65. The highest BCUT2D eigenvalue weighted by atomic mass is 35.5. The largest absolute Gasteiger partial charge is 0.396 e. The Labute approximate surface area is 125 Å². The number of nitrogens with one attached hydrogen (secondary N) is 1. The predicted octanol–water partition coefficient (Wildman–Crippen LogP) is 2.97. The first-order valence-electron chi connectivity index (χ1n) is 7.04. The lowest BCUT2D eigenvalue weighted by Gasteiger charge is -2.29. The predicted molar refractivity (Wildman–Crippen MR) is 81.1 cm³/mol. The zero-order valence-corrected chi connectivity index (χ0v) is 13.1. The monoisotopic (exact) mass is 298 g/mol. The van der Waals surface area contributed by atoms with Gasteiger partial charge >= 0.3 is 0 Å². The zero-order chi connectivity index (χ0) is 15.2. The van der Waals surface area contributed by atoms with Crippen LogP contribution >= 0.6 is 11.6 Å². The summed E-state index contributed by atoms with van der Waals surface area (Å²) in [6.07, 6.45) is 3.02. The summed E-state index contributed by atoms with van der Waals surface area (Å²) in [5.74, 6) is -0.176. The normalized spacial score (nSPS) is 13.8. The molecule has 1 atom stereocenters. The van der Waals surface area contributed by atoms with E-state index >= 15 is 0 Å². The van der Waals surface area contributed by atoms with Crippen LogP contribution in [-0.4, -0.2) is 28.1 Å². The van der Waals surface area contributed by atoms with Crippen LogP contribution in [0.15, 0.2) is 12.1 Å². The molecule has 0 saturated carbocycles. The standard InChI is InChI=1S/C15H23ClN2O2/c1-4-6-12-9-11(10-13(16)17-12)14(20)18-15(3,5-2)7-8-19/h9-10,19H,4-8H2,1-3H3,(H,18,20).